The lowest BCUT2D eigenvalue weighted by Crippen LogP contribution is -2.16. The van der Waals surface area contributed by atoms with Gasteiger partial charge in [0, 0.05) is 18.0 Å². The molecule has 0 spiro atoms. The van der Waals surface area contributed by atoms with Gasteiger partial charge >= 0.3 is 0 Å². The summed E-state index contributed by atoms with van der Waals surface area (Å²) in [5.41, 5.74) is 2.25. The highest BCUT2D eigenvalue weighted by Gasteiger charge is 2.21. The first kappa shape index (κ1) is 14.5. The zero-order chi connectivity index (χ0) is 15.4. The minimum absolute atomic E-state index is 0.0723. The number of hydrogen-bond donors (Lipinski definition) is 1. The van der Waals surface area contributed by atoms with Crippen LogP contribution in [0.25, 0.3) is 0 Å². The minimum Gasteiger partial charge on any atom is -0.469 e. The predicted molar refractivity (Wildman–Crippen MR) is 87.1 cm³/mol. The predicted octanol–water partition coefficient (Wildman–Crippen LogP) is 4.21. The molecule has 1 amide bonds. The summed E-state index contributed by atoms with van der Waals surface area (Å²) in [7, 11) is 0. The van der Waals surface area contributed by atoms with Crippen molar-refractivity contribution in [2.45, 2.75) is 19.3 Å². The van der Waals surface area contributed by atoms with E-state index in [9.17, 15) is 4.79 Å². The number of anilines is 1. The van der Waals surface area contributed by atoms with Crippen molar-refractivity contribution in [1.29, 1.82) is 0 Å². The average Bonchev–Trinajstić information content (AvgIpc) is 3.19. The van der Waals surface area contributed by atoms with Crippen molar-refractivity contribution in [2.24, 2.45) is 0 Å². The van der Waals surface area contributed by atoms with Crippen LogP contribution in [0, 0.1) is 6.92 Å². The molecular weight excluding hydrogens is 296 g/mol. The van der Waals surface area contributed by atoms with Crippen LogP contribution in [0.15, 0.2) is 58.7 Å². The second kappa shape index (κ2) is 6.58. The molecule has 1 N–H and O–H groups in total. The summed E-state index contributed by atoms with van der Waals surface area (Å²) >= 11 is 1.41. The molecule has 0 fully saturated rings. The van der Waals surface area contributed by atoms with Crippen LogP contribution < -0.4 is 5.32 Å². The number of furan rings is 1. The Hall–Kier alpha value is -2.40. The summed E-state index contributed by atoms with van der Waals surface area (Å²) in [6, 6.07) is 11.9. The van der Waals surface area contributed by atoms with Crippen molar-refractivity contribution in [3.8, 4) is 0 Å². The molecule has 0 bridgehead atoms. The van der Waals surface area contributed by atoms with Gasteiger partial charge in [-0.25, -0.2) is 4.98 Å². The van der Waals surface area contributed by atoms with Gasteiger partial charge in [-0.05, 0) is 24.6 Å². The maximum absolute atomic E-state index is 12.3. The fourth-order valence-electron chi connectivity index (χ4n) is 2.31. The number of nitrogens with zero attached hydrogens (tertiary/aromatic N) is 1. The first-order valence-electron chi connectivity index (χ1n) is 7.01. The van der Waals surface area contributed by atoms with Gasteiger partial charge < -0.3 is 9.73 Å². The van der Waals surface area contributed by atoms with Crippen LogP contribution >= 0.6 is 11.3 Å². The van der Waals surface area contributed by atoms with Crippen LogP contribution in [0.1, 0.15) is 29.2 Å². The Morgan fingerprint density at radius 3 is 2.77 bits per heavy atom. The fourth-order valence-corrected chi connectivity index (χ4v) is 2.86. The molecule has 5 heteroatoms. The van der Waals surface area contributed by atoms with Crippen LogP contribution in [-0.2, 0) is 4.79 Å². The lowest BCUT2D eigenvalue weighted by molar-refractivity contribution is -0.116. The number of benzene rings is 1. The number of nitrogens with one attached hydrogen (secondary N) is 1. The molecule has 0 aliphatic carbocycles. The third-order valence-electron chi connectivity index (χ3n) is 3.43. The van der Waals surface area contributed by atoms with Crippen LogP contribution in [0.2, 0.25) is 0 Å². The van der Waals surface area contributed by atoms with Gasteiger partial charge in [-0.1, -0.05) is 29.8 Å². The number of thiazole rings is 1. The average molecular weight is 312 g/mol. The molecule has 3 aromatic rings. The van der Waals surface area contributed by atoms with Crippen LogP contribution in [0.5, 0.6) is 0 Å². The minimum atomic E-state index is -0.101. The zero-order valence-electron chi connectivity index (χ0n) is 12.2. The standard InChI is InChI=1S/C17H16N2O2S/c1-12-4-6-13(7-5-12)14(15-3-2-9-21-15)11-16(20)19-17-18-8-10-22-17/h2-10,14H,11H2,1H3,(H,18,19,20)/t14-/m0/s1. The number of rotatable bonds is 5. The molecular formula is C17H16N2O2S. The van der Waals surface area contributed by atoms with E-state index in [1.54, 1.807) is 12.5 Å². The molecule has 0 aliphatic heterocycles. The Morgan fingerprint density at radius 1 is 1.32 bits per heavy atom. The number of carbonyl (C=O) groups is 1. The molecule has 0 unspecified atom stereocenters. The van der Waals surface area contributed by atoms with Crippen molar-refractivity contribution in [2.75, 3.05) is 5.32 Å². The second-order valence-electron chi connectivity index (χ2n) is 5.07. The molecule has 2 aromatic heterocycles. The molecule has 112 valence electrons. The zero-order valence-corrected chi connectivity index (χ0v) is 13.0. The van der Waals surface area contributed by atoms with Crippen molar-refractivity contribution >= 4 is 22.4 Å². The number of carbonyl (C=O) groups excluding carboxylic acids is 1. The Kier molecular flexibility index (Phi) is 4.34. The number of amides is 1. The largest absolute Gasteiger partial charge is 0.469 e. The number of hydrogen-bond acceptors (Lipinski definition) is 4. The summed E-state index contributed by atoms with van der Waals surface area (Å²) < 4.78 is 5.52. The molecule has 1 atom stereocenters. The normalized spacial score (nSPS) is 12.0. The van der Waals surface area contributed by atoms with Gasteiger partial charge in [0.2, 0.25) is 5.91 Å². The summed E-state index contributed by atoms with van der Waals surface area (Å²) in [6.45, 7) is 2.04. The Morgan fingerprint density at radius 2 is 2.14 bits per heavy atom. The van der Waals surface area contributed by atoms with E-state index in [-0.39, 0.29) is 11.8 Å². The quantitative estimate of drug-likeness (QED) is 0.768. The molecule has 2 heterocycles. The van der Waals surface area contributed by atoms with Crippen LogP contribution in [0.3, 0.4) is 0 Å². The lowest BCUT2D eigenvalue weighted by Gasteiger charge is -2.15. The van der Waals surface area contributed by atoms with Crippen molar-refractivity contribution in [1.82, 2.24) is 4.98 Å². The second-order valence-corrected chi connectivity index (χ2v) is 5.96. The van der Waals surface area contributed by atoms with Crippen LogP contribution in [0.4, 0.5) is 5.13 Å². The number of aryl methyl sites for hydroxylation is 1. The first-order chi connectivity index (χ1) is 10.7. The van der Waals surface area contributed by atoms with Gasteiger partial charge in [0.15, 0.2) is 5.13 Å². The third-order valence-corrected chi connectivity index (χ3v) is 4.12. The van der Waals surface area contributed by atoms with Crippen molar-refractivity contribution < 1.29 is 9.21 Å². The van der Waals surface area contributed by atoms with Crippen molar-refractivity contribution in [3.63, 3.8) is 0 Å². The summed E-state index contributed by atoms with van der Waals surface area (Å²) in [4.78, 5) is 16.3. The molecule has 0 saturated carbocycles. The highest BCUT2D eigenvalue weighted by atomic mass is 32.1. The summed E-state index contributed by atoms with van der Waals surface area (Å²) in [5.74, 6) is 0.616. The molecule has 3 rings (SSSR count). The molecule has 0 saturated heterocycles. The maximum Gasteiger partial charge on any atom is 0.227 e. The summed E-state index contributed by atoms with van der Waals surface area (Å²) in [5, 5.41) is 5.27. The highest BCUT2D eigenvalue weighted by molar-refractivity contribution is 7.13. The number of aromatic nitrogens is 1. The van der Waals surface area contributed by atoms with E-state index in [1.807, 2.05) is 48.7 Å². The van der Waals surface area contributed by atoms with Gasteiger partial charge in [0.25, 0.3) is 0 Å². The van der Waals surface area contributed by atoms with E-state index in [4.69, 9.17) is 4.42 Å². The Labute approximate surface area is 132 Å². The van der Waals surface area contributed by atoms with Gasteiger partial charge in [-0.3, -0.25) is 4.79 Å². The third kappa shape index (κ3) is 3.43. The van der Waals surface area contributed by atoms with Gasteiger partial charge in [-0.2, -0.15) is 0 Å². The lowest BCUT2D eigenvalue weighted by atomic mass is 9.92. The van der Waals surface area contributed by atoms with Gasteiger partial charge in [0.05, 0.1) is 12.2 Å². The van der Waals surface area contributed by atoms with E-state index < -0.39 is 0 Å². The Balaban J connectivity index is 1.80. The van der Waals surface area contributed by atoms with Crippen molar-refractivity contribution in [3.05, 3.63) is 71.1 Å². The molecule has 22 heavy (non-hydrogen) atoms. The molecule has 4 nitrogen and oxygen atoms in total. The van der Waals surface area contributed by atoms with E-state index in [2.05, 4.69) is 10.3 Å². The first-order valence-corrected chi connectivity index (χ1v) is 7.89. The van der Waals surface area contributed by atoms with Crippen LogP contribution in [-0.4, -0.2) is 10.9 Å². The maximum atomic E-state index is 12.3. The fraction of sp³-hybridized carbons (Fsp3) is 0.176. The molecule has 0 aliphatic rings. The van der Waals surface area contributed by atoms with Gasteiger partial charge in [0.1, 0.15) is 5.76 Å². The highest BCUT2D eigenvalue weighted by Crippen LogP contribution is 2.29. The topological polar surface area (TPSA) is 55.1 Å². The smallest absolute Gasteiger partial charge is 0.227 e. The summed E-state index contributed by atoms with van der Waals surface area (Å²) in [6.07, 6.45) is 3.62. The van der Waals surface area contributed by atoms with E-state index >= 15 is 0 Å². The Bertz CT molecular complexity index is 719. The van der Waals surface area contributed by atoms with E-state index in [1.165, 1.54) is 16.9 Å². The monoisotopic (exact) mass is 312 g/mol. The van der Waals surface area contributed by atoms with Gasteiger partial charge in [-0.15, -0.1) is 11.3 Å². The molecule has 1 aromatic carbocycles. The molecule has 0 radical (unpaired) electrons. The van der Waals surface area contributed by atoms with E-state index in [0.29, 0.717) is 11.6 Å². The SMILES string of the molecule is Cc1ccc([C@H](CC(=O)Nc2nccs2)c2ccco2)cc1. The van der Waals surface area contributed by atoms with E-state index in [0.717, 1.165) is 11.3 Å².